The van der Waals surface area contributed by atoms with Crippen molar-refractivity contribution in [3.8, 4) is 0 Å². The number of nitrogens with two attached hydrogens (primary N) is 1. The van der Waals surface area contributed by atoms with E-state index in [1.807, 2.05) is 0 Å². The van der Waals surface area contributed by atoms with Gasteiger partial charge in [-0.2, -0.15) is 0 Å². The molecule has 0 fully saturated rings. The molecule has 0 aromatic heterocycles. The van der Waals surface area contributed by atoms with Crippen LogP contribution in [0, 0.1) is 0 Å². The Hall–Kier alpha value is 0.639. The Bertz CT molecular complexity index is 291. The zero-order chi connectivity index (χ0) is 13.6. The van der Waals surface area contributed by atoms with E-state index in [4.69, 9.17) is 15.9 Å². The predicted octanol–water partition coefficient (Wildman–Crippen LogP) is 0.270. The van der Waals surface area contributed by atoms with Crippen LogP contribution in [-0.4, -0.2) is 62.2 Å². The van der Waals surface area contributed by atoms with Crippen molar-refractivity contribution in [2.45, 2.75) is 36.8 Å². The quantitative estimate of drug-likeness (QED) is 0.390. The zero-order valence-electron chi connectivity index (χ0n) is 9.58. The van der Waals surface area contributed by atoms with E-state index in [-0.39, 0.29) is 24.0 Å². The summed E-state index contributed by atoms with van der Waals surface area (Å²) in [5.41, 5.74) is 5.58. The maximum absolute atomic E-state index is 10.8. The molecule has 0 spiro atoms. The number of carboxylic acid groups (broad SMARTS) is 2. The van der Waals surface area contributed by atoms with E-state index in [1.54, 1.807) is 20.8 Å². The fourth-order valence-electron chi connectivity index (χ4n) is 0.567. The first-order valence-corrected chi connectivity index (χ1v) is 14.6. The average Bonchev–Trinajstić information content (AvgIpc) is 2.22. The second-order valence-electron chi connectivity index (χ2n) is 3.72. The van der Waals surface area contributed by atoms with Crippen LogP contribution >= 0.6 is 20.4 Å². The van der Waals surface area contributed by atoms with E-state index < -0.39 is 28.0 Å². The molecule has 0 aromatic carbocycles. The molecule has 2 atom stereocenters. The van der Waals surface area contributed by atoms with E-state index in [2.05, 4.69) is 0 Å². The number of aliphatic carboxylic acids is 2. The molecule has 0 bridgehead atoms. The van der Waals surface area contributed by atoms with Crippen molar-refractivity contribution >= 4 is 56.3 Å². The Balaban J connectivity index is 3.96. The zero-order valence-corrected chi connectivity index (χ0v) is 14.6. The minimum atomic E-state index is -1.00. The van der Waals surface area contributed by atoms with Crippen LogP contribution in [0.4, 0.5) is 0 Å². The van der Waals surface area contributed by atoms with Gasteiger partial charge in [0.25, 0.3) is 0 Å². The Labute approximate surface area is 118 Å². The van der Waals surface area contributed by atoms with Crippen LogP contribution < -0.4 is 5.73 Å². The molecule has 0 aromatic rings. The third kappa shape index (κ3) is 6.96. The SMILES string of the molecule is CC(S[Se][Se]SC(C)(C)C(N)C(=O)O)C(=O)O. The van der Waals surface area contributed by atoms with Gasteiger partial charge in [-0.25, -0.2) is 0 Å². The summed E-state index contributed by atoms with van der Waals surface area (Å²) < 4.78 is -0.513. The number of rotatable bonds is 8. The maximum atomic E-state index is 10.8. The molecule has 9 heteroatoms. The molecule has 4 N–H and O–H groups in total. The van der Waals surface area contributed by atoms with Crippen LogP contribution in [0.15, 0.2) is 0 Å². The Kier molecular flexibility index (Phi) is 8.24. The van der Waals surface area contributed by atoms with Crippen molar-refractivity contribution in [1.29, 1.82) is 0 Å². The Morgan fingerprint density at radius 1 is 1.24 bits per heavy atom. The van der Waals surface area contributed by atoms with Crippen molar-refractivity contribution in [2.75, 3.05) is 0 Å². The van der Waals surface area contributed by atoms with Crippen LogP contribution in [0.1, 0.15) is 20.8 Å². The molecule has 5 nitrogen and oxygen atoms in total. The summed E-state index contributed by atoms with van der Waals surface area (Å²) in [5, 5.41) is 17.1. The van der Waals surface area contributed by atoms with Gasteiger partial charge in [0.05, 0.1) is 0 Å². The molecular weight excluding hydrogens is 396 g/mol. The summed E-state index contributed by atoms with van der Waals surface area (Å²) in [4.78, 5) is 21.3. The molecule has 0 rings (SSSR count). The van der Waals surface area contributed by atoms with Gasteiger partial charge in [0.1, 0.15) is 0 Å². The van der Waals surface area contributed by atoms with Crippen LogP contribution in [-0.2, 0) is 9.59 Å². The average molecular weight is 411 g/mol. The summed E-state index contributed by atoms with van der Waals surface area (Å²) in [6.07, 6.45) is 0. The van der Waals surface area contributed by atoms with Crippen molar-refractivity contribution < 1.29 is 19.8 Å². The first kappa shape index (κ1) is 17.6. The van der Waals surface area contributed by atoms with Crippen LogP contribution in [0.3, 0.4) is 0 Å². The Morgan fingerprint density at radius 3 is 2.18 bits per heavy atom. The van der Waals surface area contributed by atoms with Gasteiger partial charge >= 0.3 is 119 Å². The van der Waals surface area contributed by atoms with E-state index in [0.717, 1.165) is 0 Å². The molecule has 0 aliphatic carbocycles. The molecule has 0 aliphatic heterocycles. The van der Waals surface area contributed by atoms with E-state index in [9.17, 15) is 9.59 Å². The van der Waals surface area contributed by atoms with Crippen molar-refractivity contribution in [2.24, 2.45) is 5.73 Å². The molecule has 0 radical (unpaired) electrons. The van der Waals surface area contributed by atoms with Gasteiger partial charge in [0.15, 0.2) is 0 Å². The van der Waals surface area contributed by atoms with Crippen molar-refractivity contribution in [1.82, 2.24) is 0 Å². The molecular formula is C8H15NO4S2Se2. The standard InChI is InChI=1S/C8H15NO4S2Se2/c1-4(6(10)11)14-16-17-15-8(2,3)5(9)7(12)13/h4-5H,9H2,1-3H3,(H,10,11)(H,12,13). The fraction of sp³-hybridized carbons (Fsp3) is 0.750. The topological polar surface area (TPSA) is 101 Å². The normalized spacial score (nSPS) is 15.3. The van der Waals surface area contributed by atoms with Gasteiger partial charge in [-0.1, -0.05) is 0 Å². The van der Waals surface area contributed by atoms with Gasteiger partial charge < -0.3 is 0 Å². The summed E-state index contributed by atoms with van der Waals surface area (Å²) in [6.45, 7) is 5.27. The minimum absolute atomic E-state index is 0.172. The van der Waals surface area contributed by atoms with E-state index in [1.165, 1.54) is 20.4 Å². The number of carboxylic acids is 2. The number of hydrogen-bond acceptors (Lipinski definition) is 5. The first-order valence-electron chi connectivity index (χ1n) is 4.57. The predicted molar refractivity (Wildman–Crippen MR) is 73.5 cm³/mol. The van der Waals surface area contributed by atoms with Gasteiger partial charge in [0, 0.05) is 0 Å². The fourth-order valence-corrected chi connectivity index (χ4v) is 21.0. The second-order valence-corrected chi connectivity index (χ2v) is 19.0. The monoisotopic (exact) mass is 413 g/mol. The molecule has 2 unspecified atom stereocenters. The molecule has 0 saturated heterocycles. The van der Waals surface area contributed by atoms with Gasteiger partial charge in [0.2, 0.25) is 0 Å². The molecule has 0 aliphatic rings. The molecule has 0 saturated carbocycles. The van der Waals surface area contributed by atoms with Crippen molar-refractivity contribution in [3.05, 3.63) is 0 Å². The number of hydrogen-bond donors (Lipinski definition) is 3. The second kappa shape index (κ2) is 7.94. The third-order valence-electron chi connectivity index (χ3n) is 1.82. The van der Waals surface area contributed by atoms with Crippen LogP contribution in [0.2, 0.25) is 0 Å². The Morgan fingerprint density at radius 2 is 1.76 bits per heavy atom. The summed E-state index contributed by atoms with van der Waals surface area (Å²) in [5.74, 6) is -1.81. The van der Waals surface area contributed by atoms with E-state index >= 15 is 0 Å². The van der Waals surface area contributed by atoms with E-state index in [0.29, 0.717) is 0 Å². The molecule has 17 heavy (non-hydrogen) atoms. The third-order valence-corrected chi connectivity index (χ3v) is 20.1. The summed E-state index contributed by atoms with van der Waals surface area (Å²) in [6, 6.07) is -0.896. The first-order chi connectivity index (χ1) is 7.68. The van der Waals surface area contributed by atoms with Gasteiger partial charge in [-0.3, -0.25) is 0 Å². The van der Waals surface area contributed by atoms with Gasteiger partial charge in [-0.05, 0) is 0 Å². The summed E-state index contributed by atoms with van der Waals surface area (Å²) >= 11 is 0.350. The summed E-state index contributed by atoms with van der Waals surface area (Å²) in [7, 11) is 2.97. The van der Waals surface area contributed by atoms with Crippen molar-refractivity contribution in [3.63, 3.8) is 0 Å². The molecule has 0 amide bonds. The van der Waals surface area contributed by atoms with Crippen LogP contribution in [0.25, 0.3) is 0 Å². The van der Waals surface area contributed by atoms with Gasteiger partial charge in [-0.15, -0.1) is 0 Å². The number of carbonyl (C=O) groups is 2. The van der Waals surface area contributed by atoms with Crippen LogP contribution in [0.5, 0.6) is 0 Å². The molecule has 100 valence electrons. The molecule has 0 heterocycles.